The number of hydrogen-bond acceptors (Lipinski definition) is 4. The maximum Gasteiger partial charge on any atom is 0.181 e. The van der Waals surface area contributed by atoms with E-state index in [9.17, 15) is 0 Å². The molecule has 0 saturated carbocycles. The summed E-state index contributed by atoms with van der Waals surface area (Å²) in [5.74, 6) is 2.01. The van der Waals surface area contributed by atoms with Gasteiger partial charge in [-0.3, -0.25) is 5.10 Å². The summed E-state index contributed by atoms with van der Waals surface area (Å²) in [5.41, 5.74) is 6.44. The van der Waals surface area contributed by atoms with Gasteiger partial charge in [-0.25, -0.2) is 9.97 Å². The molecule has 3 N–H and O–H groups in total. The highest BCUT2D eigenvalue weighted by Crippen LogP contribution is 2.15. The smallest absolute Gasteiger partial charge is 0.181 e. The summed E-state index contributed by atoms with van der Waals surface area (Å²) in [6.07, 6.45) is 2.49. The second-order valence-corrected chi connectivity index (χ2v) is 2.93. The first-order valence-corrected chi connectivity index (χ1v) is 4.42. The monoisotopic (exact) mass is 189 g/mol. The van der Waals surface area contributed by atoms with Crippen molar-refractivity contribution in [2.75, 3.05) is 5.73 Å². The number of aromatic nitrogens is 4. The SMILES string of the molecule is CCc1nc(-c2ccnc(N)c2)n[nH]1. The fourth-order valence-corrected chi connectivity index (χ4v) is 1.17. The van der Waals surface area contributed by atoms with Crippen molar-refractivity contribution >= 4 is 5.82 Å². The van der Waals surface area contributed by atoms with Gasteiger partial charge in [0.1, 0.15) is 11.6 Å². The molecule has 0 amide bonds. The van der Waals surface area contributed by atoms with Crippen LogP contribution in [0.1, 0.15) is 12.7 Å². The van der Waals surface area contributed by atoms with Crippen LogP contribution in [-0.2, 0) is 6.42 Å². The Labute approximate surface area is 81.4 Å². The number of hydrogen-bond donors (Lipinski definition) is 2. The lowest BCUT2D eigenvalue weighted by molar-refractivity contribution is 0.946. The Morgan fingerprint density at radius 2 is 2.36 bits per heavy atom. The highest BCUT2D eigenvalue weighted by Gasteiger charge is 2.04. The number of pyridine rings is 1. The van der Waals surface area contributed by atoms with E-state index in [0.29, 0.717) is 11.6 Å². The summed E-state index contributed by atoms with van der Waals surface area (Å²) in [4.78, 5) is 8.19. The van der Waals surface area contributed by atoms with Crippen LogP contribution in [-0.4, -0.2) is 20.2 Å². The van der Waals surface area contributed by atoms with E-state index in [1.165, 1.54) is 0 Å². The van der Waals surface area contributed by atoms with Gasteiger partial charge in [0.2, 0.25) is 0 Å². The Kier molecular flexibility index (Phi) is 2.14. The van der Waals surface area contributed by atoms with Crippen LogP contribution >= 0.6 is 0 Å². The maximum atomic E-state index is 5.56. The zero-order valence-corrected chi connectivity index (χ0v) is 7.86. The molecule has 72 valence electrons. The van der Waals surface area contributed by atoms with Gasteiger partial charge in [0.05, 0.1) is 0 Å². The van der Waals surface area contributed by atoms with Gasteiger partial charge >= 0.3 is 0 Å². The zero-order valence-electron chi connectivity index (χ0n) is 7.86. The number of nitrogens with one attached hydrogen (secondary N) is 1. The van der Waals surface area contributed by atoms with Crippen molar-refractivity contribution in [3.8, 4) is 11.4 Å². The molecule has 0 aliphatic rings. The van der Waals surface area contributed by atoms with E-state index in [1.54, 1.807) is 12.3 Å². The van der Waals surface area contributed by atoms with Gasteiger partial charge in [0, 0.05) is 18.2 Å². The van der Waals surface area contributed by atoms with Crippen LogP contribution in [0.4, 0.5) is 5.82 Å². The highest BCUT2D eigenvalue weighted by atomic mass is 15.2. The van der Waals surface area contributed by atoms with Crippen LogP contribution in [0.3, 0.4) is 0 Å². The molecule has 2 rings (SSSR count). The minimum absolute atomic E-state index is 0.477. The average molecular weight is 189 g/mol. The number of H-pyrrole nitrogens is 1. The molecule has 0 fully saturated rings. The first kappa shape index (κ1) is 8.68. The molecule has 5 heteroatoms. The minimum Gasteiger partial charge on any atom is -0.384 e. The number of anilines is 1. The Hall–Kier alpha value is -1.91. The first-order valence-electron chi connectivity index (χ1n) is 4.42. The Morgan fingerprint density at radius 1 is 1.50 bits per heavy atom. The fourth-order valence-electron chi connectivity index (χ4n) is 1.17. The van der Waals surface area contributed by atoms with Gasteiger partial charge in [0.15, 0.2) is 5.82 Å². The van der Waals surface area contributed by atoms with Gasteiger partial charge in [-0.05, 0) is 12.1 Å². The van der Waals surface area contributed by atoms with E-state index in [0.717, 1.165) is 17.8 Å². The molecular formula is C9H11N5. The van der Waals surface area contributed by atoms with Crippen molar-refractivity contribution in [1.29, 1.82) is 0 Å². The van der Waals surface area contributed by atoms with Crippen molar-refractivity contribution in [3.63, 3.8) is 0 Å². The van der Waals surface area contributed by atoms with E-state index in [2.05, 4.69) is 20.2 Å². The maximum absolute atomic E-state index is 5.56. The second-order valence-electron chi connectivity index (χ2n) is 2.93. The van der Waals surface area contributed by atoms with Crippen molar-refractivity contribution in [1.82, 2.24) is 20.2 Å². The fraction of sp³-hybridized carbons (Fsp3) is 0.222. The molecule has 0 aliphatic carbocycles. The van der Waals surface area contributed by atoms with E-state index in [-0.39, 0.29) is 0 Å². The molecule has 14 heavy (non-hydrogen) atoms. The third kappa shape index (κ3) is 1.56. The average Bonchev–Trinajstić information content (AvgIpc) is 2.66. The number of rotatable bonds is 2. The molecular weight excluding hydrogens is 178 g/mol. The van der Waals surface area contributed by atoms with Crippen LogP contribution in [0.15, 0.2) is 18.3 Å². The van der Waals surface area contributed by atoms with Crippen LogP contribution in [0.25, 0.3) is 11.4 Å². The summed E-state index contributed by atoms with van der Waals surface area (Å²) in [6, 6.07) is 3.58. The quantitative estimate of drug-likeness (QED) is 0.738. The molecule has 5 nitrogen and oxygen atoms in total. The van der Waals surface area contributed by atoms with Crippen LogP contribution in [0.2, 0.25) is 0 Å². The summed E-state index contributed by atoms with van der Waals surface area (Å²) in [6.45, 7) is 2.02. The lowest BCUT2D eigenvalue weighted by atomic mass is 10.2. The summed E-state index contributed by atoms with van der Waals surface area (Å²) in [5, 5.41) is 6.93. The molecule has 0 aromatic carbocycles. The van der Waals surface area contributed by atoms with Gasteiger partial charge in [-0.15, -0.1) is 0 Å². The van der Waals surface area contributed by atoms with Crippen molar-refractivity contribution < 1.29 is 0 Å². The third-order valence-corrected chi connectivity index (χ3v) is 1.91. The highest BCUT2D eigenvalue weighted by molar-refractivity contribution is 5.57. The van der Waals surface area contributed by atoms with Crippen molar-refractivity contribution in [2.45, 2.75) is 13.3 Å². The molecule has 2 aromatic heterocycles. The second kappa shape index (κ2) is 3.45. The summed E-state index contributed by atoms with van der Waals surface area (Å²) >= 11 is 0. The molecule has 0 bridgehead atoms. The molecule has 2 heterocycles. The van der Waals surface area contributed by atoms with Crippen LogP contribution < -0.4 is 5.73 Å². The molecule has 2 aromatic rings. The van der Waals surface area contributed by atoms with E-state index >= 15 is 0 Å². The first-order chi connectivity index (χ1) is 6.79. The Balaban J connectivity index is 2.39. The number of nitrogen functional groups attached to an aromatic ring is 1. The molecule has 0 aliphatic heterocycles. The molecule has 0 radical (unpaired) electrons. The largest absolute Gasteiger partial charge is 0.384 e. The third-order valence-electron chi connectivity index (χ3n) is 1.91. The number of aromatic amines is 1. The predicted octanol–water partition coefficient (Wildman–Crippen LogP) is 1.01. The Morgan fingerprint density at radius 3 is 3.00 bits per heavy atom. The van der Waals surface area contributed by atoms with E-state index in [1.807, 2.05) is 13.0 Å². The Bertz CT molecular complexity index is 434. The molecule has 0 spiro atoms. The van der Waals surface area contributed by atoms with Gasteiger partial charge < -0.3 is 5.73 Å². The van der Waals surface area contributed by atoms with Crippen LogP contribution in [0.5, 0.6) is 0 Å². The van der Waals surface area contributed by atoms with Gasteiger partial charge in [0.25, 0.3) is 0 Å². The predicted molar refractivity (Wildman–Crippen MR) is 53.4 cm³/mol. The lowest BCUT2D eigenvalue weighted by Gasteiger charge is -1.95. The summed E-state index contributed by atoms with van der Waals surface area (Å²) < 4.78 is 0. The van der Waals surface area contributed by atoms with Crippen LogP contribution in [0, 0.1) is 0 Å². The van der Waals surface area contributed by atoms with Gasteiger partial charge in [-0.2, -0.15) is 5.10 Å². The van der Waals surface area contributed by atoms with Crippen molar-refractivity contribution in [3.05, 3.63) is 24.2 Å². The molecule has 0 atom stereocenters. The summed E-state index contributed by atoms with van der Waals surface area (Å²) in [7, 11) is 0. The standard InChI is InChI=1S/C9H11N5/c1-2-8-12-9(14-13-8)6-3-4-11-7(10)5-6/h3-5H,2H2,1H3,(H2,10,11)(H,12,13,14). The number of nitrogens with two attached hydrogens (primary N) is 1. The normalized spacial score (nSPS) is 10.4. The van der Waals surface area contributed by atoms with Crippen molar-refractivity contribution in [2.24, 2.45) is 0 Å². The number of aryl methyl sites for hydroxylation is 1. The minimum atomic E-state index is 0.477. The van der Waals surface area contributed by atoms with E-state index in [4.69, 9.17) is 5.73 Å². The zero-order chi connectivity index (χ0) is 9.97. The lowest BCUT2D eigenvalue weighted by Crippen LogP contribution is -1.90. The van der Waals surface area contributed by atoms with E-state index < -0.39 is 0 Å². The van der Waals surface area contributed by atoms with Gasteiger partial charge in [-0.1, -0.05) is 6.92 Å². The molecule has 0 unspecified atom stereocenters. The number of nitrogens with zero attached hydrogens (tertiary/aromatic N) is 3. The topological polar surface area (TPSA) is 80.5 Å². The molecule has 0 saturated heterocycles.